The van der Waals surface area contributed by atoms with E-state index in [0.29, 0.717) is 15.6 Å². The monoisotopic (exact) mass is 390 g/mol. The normalized spacial score (nSPS) is 12.8. The van der Waals surface area contributed by atoms with Crippen molar-refractivity contribution in [3.05, 3.63) is 68.9 Å². The predicted molar refractivity (Wildman–Crippen MR) is 91.6 cm³/mol. The number of aryl methyl sites for hydroxylation is 2. The second-order valence-electron chi connectivity index (χ2n) is 5.85. The van der Waals surface area contributed by atoms with Crippen LogP contribution in [0.25, 0.3) is 0 Å². The van der Waals surface area contributed by atoms with E-state index in [1.165, 1.54) is 29.3 Å². The summed E-state index contributed by atoms with van der Waals surface area (Å²) in [5, 5.41) is 0. The number of halogens is 2. The van der Waals surface area contributed by atoms with Gasteiger partial charge in [0.15, 0.2) is 12.4 Å². The van der Waals surface area contributed by atoms with Gasteiger partial charge >= 0.3 is 5.97 Å². The van der Waals surface area contributed by atoms with Crippen molar-refractivity contribution in [2.24, 2.45) is 0 Å². The number of hydrogen-bond donors (Lipinski definition) is 0. The lowest BCUT2D eigenvalue weighted by molar-refractivity contribution is -0.141. The smallest absolute Gasteiger partial charge is 0.310 e. The van der Waals surface area contributed by atoms with Crippen molar-refractivity contribution in [3.8, 4) is 0 Å². The van der Waals surface area contributed by atoms with Crippen LogP contribution in [0.4, 0.5) is 4.39 Å². The highest BCUT2D eigenvalue weighted by Gasteiger charge is 2.15. The van der Waals surface area contributed by atoms with Crippen LogP contribution in [-0.2, 0) is 28.8 Å². The van der Waals surface area contributed by atoms with E-state index in [1.54, 1.807) is 6.07 Å². The lowest BCUT2D eigenvalue weighted by Crippen LogP contribution is -2.16. The Kier molecular flexibility index (Phi) is 5.09. The van der Waals surface area contributed by atoms with Crippen molar-refractivity contribution in [2.45, 2.75) is 25.7 Å². The number of Topliss-reactive ketones (excluding diaryl/α,β-unsaturated/α-hetero) is 1. The minimum atomic E-state index is -0.511. The molecule has 0 spiro atoms. The summed E-state index contributed by atoms with van der Waals surface area (Å²) in [6.07, 6.45) is 3.17. The lowest BCUT2D eigenvalue weighted by Gasteiger charge is -2.07. The van der Waals surface area contributed by atoms with Crippen LogP contribution in [0, 0.1) is 5.82 Å². The van der Waals surface area contributed by atoms with Crippen LogP contribution in [0.3, 0.4) is 0 Å². The van der Waals surface area contributed by atoms with Gasteiger partial charge in [0, 0.05) is 5.56 Å². The van der Waals surface area contributed by atoms with Gasteiger partial charge in [0.1, 0.15) is 5.82 Å². The molecule has 24 heavy (non-hydrogen) atoms. The Bertz CT molecular complexity index is 801. The average molecular weight is 391 g/mol. The molecule has 124 valence electrons. The molecule has 3 nitrogen and oxygen atoms in total. The van der Waals surface area contributed by atoms with Crippen LogP contribution in [0.15, 0.2) is 40.9 Å². The molecule has 0 N–H and O–H groups in total. The fourth-order valence-corrected chi connectivity index (χ4v) is 3.27. The number of benzene rings is 2. The van der Waals surface area contributed by atoms with Gasteiger partial charge in [0.05, 0.1) is 10.9 Å². The third kappa shape index (κ3) is 3.90. The molecule has 0 heterocycles. The van der Waals surface area contributed by atoms with Crippen molar-refractivity contribution in [3.63, 3.8) is 0 Å². The highest BCUT2D eigenvalue weighted by atomic mass is 79.9. The second-order valence-corrected chi connectivity index (χ2v) is 6.70. The van der Waals surface area contributed by atoms with Crippen molar-refractivity contribution >= 4 is 27.7 Å². The van der Waals surface area contributed by atoms with Crippen LogP contribution in [0.5, 0.6) is 0 Å². The highest BCUT2D eigenvalue weighted by molar-refractivity contribution is 9.10. The minimum Gasteiger partial charge on any atom is -0.457 e. The maximum atomic E-state index is 13.2. The molecule has 0 saturated heterocycles. The second kappa shape index (κ2) is 7.26. The summed E-state index contributed by atoms with van der Waals surface area (Å²) >= 11 is 3.07. The van der Waals surface area contributed by atoms with E-state index in [9.17, 15) is 14.0 Å². The van der Waals surface area contributed by atoms with E-state index < -0.39 is 5.97 Å². The molecule has 0 aromatic heterocycles. The van der Waals surface area contributed by atoms with Crippen LogP contribution in [0.2, 0.25) is 0 Å². The molecule has 0 aliphatic heterocycles. The quantitative estimate of drug-likeness (QED) is 0.571. The Morgan fingerprint density at radius 2 is 1.88 bits per heavy atom. The van der Waals surface area contributed by atoms with Crippen molar-refractivity contribution in [1.29, 1.82) is 0 Å². The third-order valence-corrected chi connectivity index (χ3v) is 4.72. The molecule has 2 aromatic carbocycles. The van der Waals surface area contributed by atoms with Gasteiger partial charge in [-0.3, -0.25) is 9.59 Å². The molecule has 3 rings (SSSR count). The predicted octanol–water partition coefficient (Wildman–Crippen LogP) is 4.05. The topological polar surface area (TPSA) is 43.4 Å². The van der Waals surface area contributed by atoms with E-state index in [4.69, 9.17) is 4.74 Å². The van der Waals surface area contributed by atoms with Crippen LogP contribution < -0.4 is 0 Å². The number of esters is 1. The minimum absolute atomic E-state index is 0.00362. The fraction of sp³-hybridized carbons (Fsp3) is 0.263. The first-order valence-corrected chi connectivity index (χ1v) is 8.57. The number of ketones is 1. The van der Waals surface area contributed by atoms with Gasteiger partial charge in [-0.05, 0) is 70.1 Å². The summed E-state index contributed by atoms with van der Waals surface area (Å²) in [5.41, 5.74) is 3.71. The number of ether oxygens (including phenoxy) is 1. The molecule has 1 aliphatic carbocycles. The van der Waals surface area contributed by atoms with Gasteiger partial charge in [-0.25, -0.2) is 4.39 Å². The maximum absolute atomic E-state index is 13.2. The number of rotatable bonds is 5. The van der Waals surface area contributed by atoms with E-state index in [1.807, 2.05) is 12.1 Å². The summed E-state index contributed by atoms with van der Waals surface area (Å²) in [7, 11) is 0. The van der Waals surface area contributed by atoms with Gasteiger partial charge in [-0.1, -0.05) is 18.2 Å². The van der Waals surface area contributed by atoms with Crippen molar-refractivity contribution < 1.29 is 18.7 Å². The molecule has 0 fully saturated rings. The molecule has 5 heteroatoms. The standard InChI is InChI=1S/C19H16BrFO3/c20-16-8-12(4-7-17(16)21)9-19(23)24-11-18(22)15-6-5-13-2-1-3-14(13)10-15/h4-8,10H,1-3,9,11H2. The summed E-state index contributed by atoms with van der Waals surface area (Å²) in [5.74, 6) is -1.11. The van der Waals surface area contributed by atoms with E-state index in [2.05, 4.69) is 15.9 Å². The Labute approximate surface area is 148 Å². The molecule has 0 radical (unpaired) electrons. The zero-order chi connectivity index (χ0) is 17.1. The first-order chi connectivity index (χ1) is 11.5. The van der Waals surface area contributed by atoms with Gasteiger partial charge < -0.3 is 4.74 Å². The van der Waals surface area contributed by atoms with Gasteiger partial charge in [-0.2, -0.15) is 0 Å². The van der Waals surface area contributed by atoms with Gasteiger partial charge in [0.25, 0.3) is 0 Å². The first kappa shape index (κ1) is 16.8. The van der Waals surface area contributed by atoms with Crippen LogP contribution in [-0.4, -0.2) is 18.4 Å². The average Bonchev–Trinajstić information content (AvgIpc) is 3.03. The Balaban J connectivity index is 1.55. The van der Waals surface area contributed by atoms with E-state index in [0.717, 1.165) is 19.3 Å². The Hall–Kier alpha value is -2.01. The van der Waals surface area contributed by atoms with Gasteiger partial charge in [0.2, 0.25) is 0 Å². The Morgan fingerprint density at radius 3 is 2.67 bits per heavy atom. The number of carbonyl (C=O) groups excluding carboxylic acids is 2. The summed E-state index contributed by atoms with van der Waals surface area (Å²) in [6.45, 7) is -0.278. The molecule has 0 unspecified atom stereocenters. The largest absolute Gasteiger partial charge is 0.457 e. The van der Waals surface area contributed by atoms with Crippen molar-refractivity contribution in [2.75, 3.05) is 6.61 Å². The van der Waals surface area contributed by atoms with Crippen molar-refractivity contribution in [1.82, 2.24) is 0 Å². The van der Waals surface area contributed by atoms with Gasteiger partial charge in [-0.15, -0.1) is 0 Å². The zero-order valence-corrected chi connectivity index (χ0v) is 14.6. The lowest BCUT2D eigenvalue weighted by atomic mass is 10.0. The molecule has 0 amide bonds. The molecule has 0 saturated carbocycles. The number of carbonyl (C=O) groups is 2. The molecular formula is C19H16BrFO3. The number of hydrogen-bond acceptors (Lipinski definition) is 3. The fourth-order valence-electron chi connectivity index (χ4n) is 2.84. The first-order valence-electron chi connectivity index (χ1n) is 7.77. The van der Waals surface area contributed by atoms with E-state index >= 15 is 0 Å². The molecular weight excluding hydrogens is 375 g/mol. The molecule has 0 atom stereocenters. The highest BCUT2D eigenvalue weighted by Crippen LogP contribution is 2.23. The molecule has 2 aromatic rings. The summed E-state index contributed by atoms with van der Waals surface area (Å²) in [4.78, 5) is 24.0. The third-order valence-electron chi connectivity index (χ3n) is 4.12. The summed E-state index contributed by atoms with van der Waals surface area (Å²) < 4.78 is 18.5. The SMILES string of the molecule is O=C(Cc1ccc(F)c(Br)c1)OCC(=O)c1ccc2c(c1)CCC2. The molecule has 1 aliphatic rings. The maximum Gasteiger partial charge on any atom is 0.310 e. The van der Waals surface area contributed by atoms with E-state index in [-0.39, 0.29) is 24.6 Å². The zero-order valence-electron chi connectivity index (χ0n) is 13.0. The summed E-state index contributed by atoms with van der Waals surface area (Å²) in [6, 6.07) is 9.99. The molecule has 0 bridgehead atoms. The van der Waals surface area contributed by atoms with Crippen LogP contribution in [0.1, 0.15) is 33.5 Å². The Morgan fingerprint density at radius 1 is 1.08 bits per heavy atom. The number of fused-ring (bicyclic) bond motifs is 1. The van der Waals surface area contributed by atoms with Crippen LogP contribution >= 0.6 is 15.9 Å².